The maximum absolute atomic E-state index is 4.46. The Bertz CT molecular complexity index is 931. The Morgan fingerprint density at radius 3 is 2.71 bits per heavy atom. The van der Waals surface area contributed by atoms with Gasteiger partial charge < -0.3 is 9.55 Å². The van der Waals surface area contributed by atoms with Crippen molar-refractivity contribution in [1.29, 1.82) is 0 Å². The number of hydrogen-bond acceptors (Lipinski definition) is 3. The van der Waals surface area contributed by atoms with Crippen LogP contribution in [0.3, 0.4) is 0 Å². The predicted octanol–water partition coefficient (Wildman–Crippen LogP) is 2.87. The topological polar surface area (TPSA) is 64.3 Å². The number of H-pyrrole nitrogens is 1. The lowest BCUT2D eigenvalue weighted by atomic mass is 10.2. The fraction of sp³-hybridized carbons (Fsp3) is 0.167. The van der Waals surface area contributed by atoms with Gasteiger partial charge in [-0.1, -0.05) is 30.3 Å². The Balaban J connectivity index is 1.53. The van der Waals surface area contributed by atoms with Gasteiger partial charge in [-0.25, -0.2) is 9.97 Å². The van der Waals surface area contributed by atoms with Crippen molar-refractivity contribution in [2.75, 3.05) is 0 Å². The molecular weight excluding hydrogens is 300 g/mol. The van der Waals surface area contributed by atoms with Crippen LogP contribution in [0.4, 0.5) is 0 Å². The average molecular weight is 318 g/mol. The van der Waals surface area contributed by atoms with E-state index in [-0.39, 0.29) is 0 Å². The highest BCUT2D eigenvalue weighted by Crippen LogP contribution is 2.19. The largest absolute Gasteiger partial charge is 0.348 e. The van der Waals surface area contributed by atoms with Gasteiger partial charge in [0.25, 0.3) is 0 Å². The van der Waals surface area contributed by atoms with Crippen LogP contribution < -0.4 is 0 Å². The van der Waals surface area contributed by atoms with Crippen LogP contribution >= 0.6 is 0 Å². The first-order chi connectivity index (χ1) is 11.8. The van der Waals surface area contributed by atoms with Gasteiger partial charge >= 0.3 is 0 Å². The number of aryl methyl sites for hydroxylation is 1. The van der Waals surface area contributed by atoms with E-state index in [0.717, 1.165) is 35.9 Å². The Morgan fingerprint density at radius 1 is 1.04 bits per heavy atom. The molecule has 0 bridgehead atoms. The second-order valence-electron chi connectivity index (χ2n) is 5.79. The minimum absolute atomic E-state index is 0.719. The van der Waals surface area contributed by atoms with Crippen LogP contribution in [0.25, 0.3) is 11.5 Å². The summed E-state index contributed by atoms with van der Waals surface area (Å²) >= 11 is 0. The maximum Gasteiger partial charge on any atom is 0.160 e. The SMILES string of the molecule is Cc1[nH]cnc1-c1nccn1Cc1cnn(Cc2ccccc2)c1. The standard InChI is InChI=1S/C18H18N6/c1-14-17(21-13-20-14)18-19-7-8-23(18)10-16-9-22-24(12-16)11-15-5-3-2-4-6-15/h2-9,12-13H,10-11H2,1H3,(H,20,21). The van der Waals surface area contributed by atoms with Crippen molar-refractivity contribution < 1.29 is 0 Å². The quantitative estimate of drug-likeness (QED) is 0.615. The number of rotatable bonds is 5. The number of hydrogen-bond donors (Lipinski definition) is 1. The third-order valence-corrected chi connectivity index (χ3v) is 3.98. The number of nitrogens with one attached hydrogen (secondary N) is 1. The molecule has 24 heavy (non-hydrogen) atoms. The van der Waals surface area contributed by atoms with Gasteiger partial charge in [0.2, 0.25) is 0 Å². The highest BCUT2D eigenvalue weighted by atomic mass is 15.3. The summed E-state index contributed by atoms with van der Waals surface area (Å²) in [6.45, 7) is 3.49. The zero-order chi connectivity index (χ0) is 16.4. The Morgan fingerprint density at radius 2 is 1.92 bits per heavy atom. The second-order valence-corrected chi connectivity index (χ2v) is 5.79. The molecule has 0 amide bonds. The van der Waals surface area contributed by atoms with Gasteiger partial charge in [0.1, 0.15) is 5.69 Å². The molecule has 1 aromatic carbocycles. The Hall–Kier alpha value is -3.15. The van der Waals surface area contributed by atoms with Gasteiger partial charge in [-0.15, -0.1) is 0 Å². The van der Waals surface area contributed by atoms with E-state index in [1.54, 1.807) is 12.5 Å². The fourth-order valence-corrected chi connectivity index (χ4v) is 2.78. The highest BCUT2D eigenvalue weighted by Gasteiger charge is 2.12. The molecule has 0 saturated heterocycles. The first-order valence-electron chi connectivity index (χ1n) is 7.86. The summed E-state index contributed by atoms with van der Waals surface area (Å²) in [5, 5.41) is 4.46. The van der Waals surface area contributed by atoms with Crippen molar-refractivity contribution >= 4 is 0 Å². The first-order valence-corrected chi connectivity index (χ1v) is 7.86. The lowest BCUT2D eigenvalue weighted by molar-refractivity contribution is 0.685. The zero-order valence-corrected chi connectivity index (χ0v) is 13.4. The molecule has 0 aliphatic rings. The lowest BCUT2D eigenvalue weighted by Gasteiger charge is -2.05. The van der Waals surface area contributed by atoms with E-state index in [0.29, 0.717) is 0 Å². The van der Waals surface area contributed by atoms with E-state index >= 15 is 0 Å². The number of aromatic amines is 1. The van der Waals surface area contributed by atoms with Crippen LogP contribution in [0.1, 0.15) is 16.8 Å². The van der Waals surface area contributed by atoms with Crippen molar-refractivity contribution in [1.82, 2.24) is 29.3 Å². The Labute approximate surface area is 139 Å². The molecule has 0 radical (unpaired) electrons. The van der Waals surface area contributed by atoms with E-state index in [4.69, 9.17) is 0 Å². The average Bonchev–Trinajstić information content (AvgIpc) is 3.31. The van der Waals surface area contributed by atoms with Crippen LogP contribution in [0, 0.1) is 6.92 Å². The van der Waals surface area contributed by atoms with E-state index in [1.165, 1.54) is 5.56 Å². The van der Waals surface area contributed by atoms with Crippen LogP contribution in [0.2, 0.25) is 0 Å². The van der Waals surface area contributed by atoms with Gasteiger partial charge in [0, 0.05) is 29.8 Å². The molecule has 4 rings (SSSR count). The second kappa shape index (κ2) is 6.16. The van der Waals surface area contributed by atoms with Crippen molar-refractivity contribution in [2.24, 2.45) is 0 Å². The predicted molar refractivity (Wildman–Crippen MR) is 91.4 cm³/mol. The summed E-state index contributed by atoms with van der Waals surface area (Å²) in [7, 11) is 0. The van der Waals surface area contributed by atoms with Crippen molar-refractivity contribution in [3.8, 4) is 11.5 Å². The van der Waals surface area contributed by atoms with Gasteiger partial charge in [-0.2, -0.15) is 5.10 Å². The van der Waals surface area contributed by atoms with Crippen molar-refractivity contribution in [2.45, 2.75) is 20.0 Å². The molecule has 6 heteroatoms. The van der Waals surface area contributed by atoms with Crippen LogP contribution in [-0.2, 0) is 13.1 Å². The molecule has 0 spiro atoms. The normalized spacial score (nSPS) is 11.0. The zero-order valence-electron chi connectivity index (χ0n) is 13.4. The molecule has 3 heterocycles. The molecule has 4 aromatic rings. The molecule has 0 atom stereocenters. The molecule has 0 aliphatic heterocycles. The van der Waals surface area contributed by atoms with Crippen LogP contribution in [-0.4, -0.2) is 29.3 Å². The van der Waals surface area contributed by atoms with Gasteiger partial charge in [0.05, 0.1) is 25.6 Å². The third kappa shape index (κ3) is 2.86. The van der Waals surface area contributed by atoms with Crippen molar-refractivity contribution in [3.63, 3.8) is 0 Å². The Kier molecular flexibility index (Phi) is 3.70. The van der Waals surface area contributed by atoms with E-state index < -0.39 is 0 Å². The summed E-state index contributed by atoms with van der Waals surface area (Å²) in [4.78, 5) is 11.9. The number of imidazole rings is 2. The summed E-state index contributed by atoms with van der Waals surface area (Å²) < 4.78 is 4.05. The van der Waals surface area contributed by atoms with Crippen LogP contribution in [0.15, 0.2) is 61.4 Å². The molecule has 1 N–H and O–H groups in total. The summed E-state index contributed by atoms with van der Waals surface area (Å²) in [5.74, 6) is 0.865. The summed E-state index contributed by atoms with van der Waals surface area (Å²) in [5.41, 5.74) is 4.28. The number of benzene rings is 1. The van der Waals surface area contributed by atoms with Crippen LogP contribution in [0.5, 0.6) is 0 Å². The van der Waals surface area contributed by atoms with E-state index in [1.807, 2.05) is 42.2 Å². The molecule has 0 unspecified atom stereocenters. The molecular formula is C18H18N6. The minimum Gasteiger partial charge on any atom is -0.348 e. The highest BCUT2D eigenvalue weighted by molar-refractivity contribution is 5.52. The smallest absolute Gasteiger partial charge is 0.160 e. The third-order valence-electron chi connectivity index (χ3n) is 3.98. The first kappa shape index (κ1) is 14.4. The maximum atomic E-state index is 4.46. The van der Waals surface area contributed by atoms with Gasteiger partial charge in [-0.3, -0.25) is 4.68 Å². The monoisotopic (exact) mass is 318 g/mol. The number of nitrogens with zero attached hydrogens (tertiary/aromatic N) is 5. The van der Waals surface area contributed by atoms with E-state index in [9.17, 15) is 0 Å². The van der Waals surface area contributed by atoms with Gasteiger partial charge in [-0.05, 0) is 12.5 Å². The molecule has 0 fully saturated rings. The molecule has 120 valence electrons. The van der Waals surface area contributed by atoms with Gasteiger partial charge in [0.15, 0.2) is 5.82 Å². The molecule has 3 aromatic heterocycles. The van der Waals surface area contributed by atoms with E-state index in [2.05, 4.69) is 42.9 Å². The summed E-state index contributed by atoms with van der Waals surface area (Å²) in [6, 6.07) is 10.3. The molecule has 0 saturated carbocycles. The van der Waals surface area contributed by atoms with Crippen molar-refractivity contribution in [3.05, 3.63) is 78.3 Å². The fourth-order valence-electron chi connectivity index (χ4n) is 2.78. The molecule has 6 nitrogen and oxygen atoms in total. The molecule has 0 aliphatic carbocycles. The summed E-state index contributed by atoms with van der Waals surface area (Å²) in [6.07, 6.45) is 9.45. The number of aromatic nitrogens is 6. The lowest BCUT2D eigenvalue weighted by Crippen LogP contribution is -2.02. The minimum atomic E-state index is 0.719.